The van der Waals surface area contributed by atoms with Gasteiger partial charge in [0.1, 0.15) is 5.82 Å². The Labute approximate surface area is 131 Å². The van der Waals surface area contributed by atoms with Gasteiger partial charge in [-0.05, 0) is 24.6 Å². The molecule has 0 radical (unpaired) electrons. The number of amides is 1. The minimum atomic E-state index is -3.26. The summed E-state index contributed by atoms with van der Waals surface area (Å²) >= 11 is 3.21. The van der Waals surface area contributed by atoms with Crippen LogP contribution in [0, 0.1) is 5.82 Å². The molecule has 1 heterocycles. The first-order valence-electron chi connectivity index (χ1n) is 6.48. The first-order valence-corrected chi connectivity index (χ1v) is 9.12. The summed E-state index contributed by atoms with van der Waals surface area (Å²) in [4.78, 5) is 13.9. The molecule has 0 bridgehead atoms. The first-order chi connectivity index (χ1) is 9.79. The molecule has 1 amide bonds. The van der Waals surface area contributed by atoms with Gasteiger partial charge < -0.3 is 4.90 Å². The van der Waals surface area contributed by atoms with E-state index in [0.29, 0.717) is 24.0 Å². The lowest BCUT2D eigenvalue weighted by Gasteiger charge is -2.21. The van der Waals surface area contributed by atoms with E-state index >= 15 is 0 Å². The third kappa shape index (κ3) is 4.02. The van der Waals surface area contributed by atoms with Crippen LogP contribution in [0.15, 0.2) is 22.7 Å². The Morgan fingerprint density at radius 1 is 1.24 bits per heavy atom. The molecule has 116 valence electrons. The van der Waals surface area contributed by atoms with Crippen molar-refractivity contribution in [1.82, 2.24) is 9.21 Å². The third-order valence-electron chi connectivity index (χ3n) is 3.37. The van der Waals surface area contributed by atoms with Crippen LogP contribution in [-0.2, 0) is 10.0 Å². The van der Waals surface area contributed by atoms with E-state index in [-0.39, 0.29) is 18.7 Å². The van der Waals surface area contributed by atoms with Gasteiger partial charge in [-0.1, -0.05) is 15.9 Å². The minimum Gasteiger partial charge on any atom is -0.337 e. The number of hydrogen-bond donors (Lipinski definition) is 0. The topological polar surface area (TPSA) is 57.7 Å². The summed E-state index contributed by atoms with van der Waals surface area (Å²) in [7, 11) is -3.26. The molecule has 0 N–H and O–H groups in total. The molecule has 1 saturated heterocycles. The van der Waals surface area contributed by atoms with E-state index < -0.39 is 21.7 Å². The van der Waals surface area contributed by atoms with Crippen LogP contribution in [-0.4, -0.2) is 56.0 Å². The van der Waals surface area contributed by atoms with Crippen LogP contribution in [0.2, 0.25) is 0 Å². The Morgan fingerprint density at radius 2 is 1.95 bits per heavy atom. The summed E-state index contributed by atoms with van der Waals surface area (Å²) in [6.45, 7) is 1.29. The van der Waals surface area contributed by atoms with Crippen LogP contribution < -0.4 is 0 Å². The third-order valence-corrected chi connectivity index (χ3v) is 5.17. The number of hydrogen-bond acceptors (Lipinski definition) is 3. The van der Waals surface area contributed by atoms with Crippen molar-refractivity contribution < 1.29 is 17.6 Å². The number of sulfonamides is 1. The maximum atomic E-state index is 13.8. The van der Waals surface area contributed by atoms with Crippen LogP contribution in [0.4, 0.5) is 4.39 Å². The predicted octanol–water partition coefficient (Wildman–Crippen LogP) is 1.70. The van der Waals surface area contributed by atoms with E-state index in [9.17, 15) is 17.6 Å². The molecule has 1 aliphatic heterocycles. The van der Waals surface area contributed by atoms with Crippen molar-refractivity contribution in [2.75, 3.05) is 32.4 Å². The minimum absolute atomic E-state index is 0.00261. The van der Waals surface area contributed by atoms with Gasteiger partial charge in [0, 0.05) is 30.7 Å². The van der Waals surface area contributed by atoms with Gasteiger partial charge in [-0.15, -0.1) is 0 Å². The van der Waals surface area contributed by atoms with Crippen molar-refractivity contribution in [3.63, 3.8) is 0 Å². The molecule has 1 aliphatic rings. The molecular formula is C13H16BrFN2O3S. The quantitative estimate of drug-likeness (QED) is 0.786. The highest BCUT2D eigenvalue weighted by Crippen LogP contribution is 2.18. The highest BCUT2D eigenvalue weighted by Gasteiger charge is 2.25. The van der Waals surface area contributed by atoms with Crippen LogP contribution >= 0.6 is 15.9 Å². The molecule has 2 rings (SSSR count). The highest BCUT2D eigenvalue weighted by atomic mass is 79.9. The fraction of sp³-hybridized carbons (Fsp3) is 0.462. The van der Waals surface area contributed by atoms with Gasteiger partial charge in [-0.3, -0.25) is 4.79 Å². The highest BCUT2D eigenvalue weighted by molar-refractivity contribution is 9.10. The van der Waals surface area contributed by atoms with E-state index in [1.54, 1.807) is 0 Å². The van der Waals surface area contributed by atoms with E-state index in [0.717, 1.165) is 6.26 Å². The van der Waals surface area contributed by atoms with Crippen LogP contribution in [0.3, 0.4) is 0 Å². The summed E-state index contributed by atoms with van der Waals surface area (Å²) in [6, 6.07) is 4.20. The van der Waals surface area contributed by atoms with Gasteiger partial charge in [0.2, 0.25) is 10.0 Å². The molecular weight excluding hydrogens is 363 g/mol. The Hall–Kier alpha value is -0.990. The number of carbonyl (C=O) groups is 1. The Morgan fingerprint density at radius 3 is 2.62 bits per heavy atom. The molecule has 1 aromatic carbocycles. The van der Waals surface area contributed by atoms with Crippen molar-refractivity contribution in [2.24, 2.45) is 0 Å². The molecule has 0 unspecified atom stereocenters. The average Bonchev–Trinajstić information content (AvgIpc) is 2.66. The average molecular weight is 379 g/mol. The zero-order valence-corrected chi connectivity index (χ0v) is 14.0. The van der Waals surface area contributed by atoms with Crippen LogP contribution in [0.25, 0.3) is 0 Å². The summed E-state index contributed by atoms with van der Waals surface area (Å²) in [5.41, 5.74) is -0.00261. The van der Waals surface area contributed by atoms with Gasteiger partial charge in [-0.25, -0.2) is 17.1 Å². The molecule has 8 heteroatoms. The van der Waals surface area contributed by atoms with E-state index in [1.807, 2.05) is 0 Å². The number of halogens is 2. The lowest BCUT2D eigenvalue weighted by Crippen LogP contribution is -2.37. The van der Waals surface area contributed by atoms with E-state index in [4.69, 9.17) is 0 Å². The first kappa shape index (κ1) is 16.4. The SMILES string of the molecule is CS(=O)(=O)N1CCCN(C(=O)c2cc(Br)ccc2F)CC1. The Bertz CT molecular complexity index is 651. The van der Waals surface area contributed by atoms with Crippen molar-refractivity contribution in [1.29, 1.82) is 0 Å². The van der Waals surface area contributed by atoms with Crippen molar-refractivity contribution in [3.05, 3.63) is 34.1 Å². The zero-order chi connectivity index (χ0) is 15.6. The fourth-order valence-electron chi connectivity index (χ4n) is 2.26. The lowest BCUT2D eigenvalue weighted by molar-refractivity contribution is 0.0759. The second kappa shape index (κ2) is 6.41. The number of carbonyl (C=O) groups excluding carboxylic acids is 1. The summed E-state index contributed by atoms with van der Waals surface area (Å²) in [5.74, 6) is -0.989. The van der Waals surface area contributed by atoms with E-state index in [2.05, 4.69) is 15.9 Å². The van der Waals surface area contributed by atoms with Gasteiger partial charge in [0.05, 0.1) is 11.8 Å². The molecule has 5 nitrogen and oxygen atoms in total. The van der Waals surface area contributed by atoms with Gasteiger partial charge >= 0.3 is 0 Å². The maximum absolute atomic E-state index is 13.8. The molecule has 1 aromatic rings. The molecule has 0 saturated carbocycles. The van der Waals surface area contributed by atoms with Gasteiger partial charge in [0.25, 0.3) is 5.91 Å². The molecule has 1 fully saturated rings. The smallest absolute Gasteiger partial charge is 0.256 e. The van der Waals surface area contributed by atoms with Crippen LogP contribution in [0.1, 0.15) is 16.8 Å². The normalized spacial score (nSPS) is 17.6. The molecule has 0 atom stereocenters. The Balaban J connectivity index is 2.15. The van der Waals surface area contributed by atoms with Gasteiger partial charge in [0.15, 0.2) is 0 Å². The summed E-state index contributed by atoms with van der Waals surface area (Å²) in [5, 5.41) is 0. The van der Waals surface area contributed by atoms with E-state index in [1.165, 1.54) is 27.4 Å². The predicted molar refractivity (Wildman–Crippen MR) is 81.0 cm³/mol. The lowest BCUT2D eigenvalue weighted by atomic mass is 10.2. The zero-order valence-electron chi connectivity index (χ0n) is 11.6. The van der Waals surface area contributed by atoms with Crippen molar-refractivity contribution in [3.8, 4) is 0 Å². The molecule has 0 spiro atoms. The molecule has 0 aromatic heterocycles. The summed E-state index contributed by atoms with van der Waals surface area (Å²) in [6.07, 6.45) is 1.69. The summed E-state index contributed by atoms with van der Waals surface area (Å²) < 4.78 is 38.8. The number of nitrogens with zero attached hydrogens (tertiary/aromatic N) is 2. The largest absolute Gasteiger partial charge is 0.337 e. The maximum Gasteiger partial charge on any atom is 0.256 e. The second-order valence-corrected chi connectivity index (χ2v) is 7.83. The van der Waals surface area contributed by atoms with Gasteiger partial charge in [-0.2, -0.15) is 0 Å². The molecule has 0 aliphatic carbocycles. The number of rotatable bonds is 2. The monoisotopic (exact) mass is 378 g/mol. The Kier molecular flexibility index (Phi) is 5.00. The molecule has 21 heavy (non-hydrogen) atoms. The standard InChI is InChI=1S/C13H16BrFN2O3S/c1-21(19,20)17-6-2-5-16(7-8-17)13(18)11-9-10(14)3-4-12(11)15/h3-4,9H,2,5-8H2,1H3. The van der Waals surface area contributed by atoms with Crippen LogP contribution in [0.5, 0.6) is 0 Å². The number of benzene rings is 1. The fourth-order valence-corrected chi connectivity index (χ4v) is 3.50. The van der Waals surface area contributed by atoms with Crippen molar-refractivity contribution >= 4 is 31.9 Å². The van der Waals surface area contributed by atoms with Crippen molar-refractivity contribution in [2.45, 2.75) is 6.42 Å². The second-order valence-electron chi connectivity index (χ2n) is 4.93.